The second kappa shape index (κ2) is 7.49. The average Bonchev–Trinajstić information content (AvgIpc) is 2.35. The predicted octanol–water partition coefficient (Wildman–Crippen LogP) is 3.32. The molecule has 4 heteroatoms. The Kier molecular flexibility index (Phi) is 6.30. The number of benzene rings is 1. The monoisotopic (exact) mass is 271 g/mol. The van der Waals surface area contributed by atoms with Gasteiger partial charge in [0.1, 0.15) is 11.6 Å². The van der Waals surface area contributed by atoms with E-state index in [1.165, 1.54) is 18.2 Å². The van der Waals surface area contributed by atoms with E-state index in [0.717, 1.165) is 19.6 Å². The quantitative estimate of drug-likeness (QED) is 0.758. The van der Waals surface area contributed by atoms with Gasteiger partial charge in [0.25, 0.3) is 0 Å². The summed E-state index contributed by atoms with van der Waals surface area (Å²) >= 11 is 5.93. The molecule has 0 amide bonds. The molecule has 1 aromatic carbocycles. The zero-order valence-electron chi connectivity index (χ0n) is 10.9. The number of hydrogen-bond acceptors (Lipinski definition) is 2. The number of ketones is 1. The molecule has 0 aromatic heterocycles. The first-order chi connectivity index (χ1) is 8.56. The highest BCUT2D eigenvalue weighted by atomic mass is 35.5. The van der Waals surface area contributed by atoms with Crippen molar-refractivity contribution >= 4 is 17.4 Å². The van der Waals surface area contributed by atoms with Crippen LogP contribution in [0.25, 0.3) is 0 Å². The average molecular weight is 272 g/mol. The Hall–Kier alpha value is -0.930. The molecule has 0 fully saturated rings. The van der Waals surface area contributed by atoms with Gasteiger partial charge < -0.3 is 4.90 Å². The summed E-state index contributed by atoms with van der Waals surface area (Å²) in [4.78, 5) is 14.0. The summed E-state index contributed by atoms with van der Waals surface area (Å²) < 4.78 is 13.0. The normalized spacial score (nSPS) is 10.9. The minimum absolute atomic E-state index is 0.0920. The predicted molar refractivity (Wildman–Crippen MR) is 72.5 cm³/mol. The summed E-state index contributed by atoms with van der Waals surface area (Å²) in [5, 5.41) is 0.451. The third-order valence-corrected chi connectivity index (χ3v) is 3.37. The molecule has 18 heavy (non-hydrogen) atoms. The summed E-state index contributed by atoms with van der Waals surface area (Å²) in [6.45, 7) is 6.75. The van der Waals surface area contributed by atoms with Crippen molar-refractivity contribution in [2.75, 3.05) is 19.6 Å². The summed E-state index contributed by atoms with van der Waals surface area (Å²) in [6.07, 6.45) is 0.687. The molecular formula is C14H19ClFNO. The molecule has 0 radical (unpaired) electrons. The molecule has 0 saturated carbocycles. The van der Waals surface area contributed by atoms with Crippen LogP contribution in [0.1, 0.15) is 25.8 Å². The Morgan fingerprint density at radius 3 is 2.61 bits per heavy atom. The Labute approximate surface area is 113 Å². The highest BCUT2D eigenvalue weighted by Gasteiger charge is 2.09. The van der Waals surface area contributed by atoms with Crippen LogP contribution in [0.4, 0.5) is 4.39 Å². The van der Waals surface area contributed by atoms with E-state index in [9.17, 15) is 9.18 Å². The Morgan fingerprint density at radius 2 is 2.00 bits per heavy atom. The van der Waals surface area contributed by atoms with Gasteiger partial charge in [-0.2, -0.15) is 0 Å². The maximum Gasteiger partial charge on any atom is 0.138 e. The zero-order chi connectivity index (χ0) is 13.5. The van der Waals surface area contributed by atoms with Crippen molar-refractivity contribution in [3.8, 4) is 0 Å². The molecule has 0 aliphatic carbocycles. The van der Waals surface area contributed by atoms with Gasteiger partial charge >= 0.3 is 0 Å². The van der Waals surface area contributed by atoms with Crippen LogP contribution in [0.2, 0.25) is 5.02 Å². The van der Waals surface area contributed by atoms with Gasteiger partial charge in [0.05, 0.1) is 0 Å². The largest absolute Gasteiger partial charge is 0.303 e. The number of rotatable bonds is 7. The number of halogens is 2. The van der Waals surface area contributed by atoms with Gasteiger partial charge in [0, 0.05) is 24.4 Å². The van der Waals surface area contributed by atoms with E-state index in [1.54, 1.807) is 0 Å². The van der Waals surface area contributed by atoms with Gasteiger partial charge in [-0.05, 0) is 36.9 Å². The van der Waals surface area contributed by atoms with Crippen LogP contribution in [0.3, 0.4) is 0 Å². The number of carbonyl (C=O) groups is 1. The summed E-state index contributed by atoms with van der Waals surface area (Å²) in [7, 11) is 0. The molecular weight excluding hydrogens is 253 g/mol. The molecule has 100 valence electrons. The van der Waals surface area contributed by atoms with Crippen molar-refractivity contribution in [1.82, 2.24) is 4.90 Å². The SMILES string of the molecule is CCN(CC)CCC(=O)Cc1cc(F)ccc1Cl. The van der Waals surface area contributed by atoms with Crippen LogP contribution in [-0.2, 0) is 11.2 Å². The molecule has 0 N–H and O–H groups in total. The second-order valence-electron chi connectivity index (χ2n) is 4.23. The minimum atomic E-state index is -0.356. The van der Waals surface area contributed by atoms with Gasteiger partial charge in [-0.3, -0.25) is 4.79 Å². The molecule has 0 bridgehead atoms. The molecule has 1 rings (SSSR count). The van der Waals surface area contributed by atoms with E-state index in [0.29, 0.717) is 17.0 Å². The van der Waals surface area contributed by atoms with Gasteiger partial charge in [-0.25, -0.2) is 4.39 Å². The molecule has 0 heterocycles. The first-order valence-electron chi connectivity index (χ1n) is 6.24. The standard InChI is InChI=1S/C14H19ClFNO/c1-3-17(4-2)8-7-13(18)10-11-9-12(16)5-6-14(11)15/h5-6,9H,3-4,7-8,10H2,1-2H3. The van der Waals surface area contributed by atoms with Gasteiger partial charge in [0.15, 0.2) is 0 Å². The van der Waals surface area contributed by atoms with E-state index >= 15 is 0 Å². The minimum Gasteiger partial charge on any atom is -0.303 e. The van der Waals surface area contributed by atoms with E-state index in [4.69, 9.17) is 11.6 Å². The molecule has 2 nitrogen and oxygen atoms in total. The van der Waals surface area contributed by atoms with Crippen molar-refractivity contribution in [3.05, 3.63) is 34.6 Å². The Balaban J connectivity index is 2.51. The van der Waals surface area contributed by atoms with Crippen molar-refractivity contribution in [1.29, 1.82) is 0 Å². The summed E-state index contributed by atoms with van der Waals surface area (Å²) in [6, 6.07) is 4.12. The first-order valence-corrected chi connectivity index (χ1v) is 6.62. The molecule has 0 atom stereocenters. The second-order valence-corrected chi connectivity index (χ2v) is 4.64. The van der Waals surface area contributed by atoms with E-state index in [-0.39, 0.29) is 18.0 Å². The van der Waals surface area contributed by atoms with Crippen LogP contribution in [-0.4, -0.2) is 30.3 Å². The molecule has 0 aliphatic rings. The molecule has 0 unspecified atom stereocenters. The van der Waals surface area contributed by atoms with Crippen molar-refractivity contribution in [3.63, 3.8) is 0 Å². The Bertz CT molecular complexity index is 405. The van der Waals surface area contributed by atoms with Crippen molar-refractivity contribution in [2.24, 2.45) is 0 Å². The highest BCUT2D eigenvalue weighted by molar-refractivity contribution is 6.31. The van der Waals surface area contributed by atoms with E-state index < -0.39 is 0 Å². The first kappa shape index (κ1) is 15.1. The fraction of sp³-hybridized carbons (Fsp3) is 0.500. The fourth-order valence-electron chi connectivity index (χ4n) is 1.80. The number of carbonyl (C=O) groups excluding carboxylic acids is 1. The van der Waals surface area contributed by atoms with Gasteiger partial charge in [0.2, 0.25) is 0 Å². The lowest BCUT2D eigenvalue weighted by atomic mass is 10.1. The lowest BCUT2D eigenvalue weighted by Gasteiger charge is -2.17. The van der Waals surface area contributed by atoms with Crippen molar-refractivity contribution in [2.45, 2.75) is 26.7 Å². The smallest absolute Gasteiger partial charge is 0.138 e. The highest BCUT2D eigenvalue weighted by Crippen LogP contribution is 2.18. The lowest BCUT2D eigenvalue weighted by molar-refractivity contribution is -0.118. The topological polar surface area (TPSA) is 20.3 Å². The molecule has 0 saturated heterocycles. The fourth-order valence-corrected chi connectivity index (χ4v) is 1.99. The Morgan fingerprint density at radius 1 is 1.33 bits per heavy atom. The lowest BCUT2D eigenvalue weighted by Crippen LogP contribution is -2.26. The molecule has 0 aliphatic heterocycles. The molecule has 1 aromatic rings. The molecule has 0 spiro atoms. The van der Waals surface area contributed by atoms with Crippen LogP contribution >= 0.6 is 11.6 Å². The van der Waals surface area contributed by atoms with E-state index in [1.807, 2.05) is 0 Å². The number of nitrogens with zero attached hydrogens (tertiary/aromatic N) is 1. The number of Topliss-reactive ketones (excluding diaryl/α,β-unsaturated/α-hetero) is 1. The van der Waals surface area contributed by atoms with Crippen LogP contribution in [0, 0.1) is 5.82 Å². The summed E-state index contributed by atoms with van der Waals surface area (Å²) in [5.41, 5.74) is 0.571. The van der Waals surface area contributed by atoms with Gasteiger partial charge in [-0.1, -0.05) is 25.4 Å². The number of hydrogen-bond donors (Lipinski definition) is 0. The maximum absolute atomic E-state index is 13.0. The van der Waals surface area contributed by atoms with Crippen molar-refractivity contribution < 1.29 is 9.18 Å². The van der Waals surface area contributed by atoms with Crippen LogP contribution < -0.4 is 0 Å². The van der Waals surface area contributed by atoms with Crippen LogP contribution in [0.5, 0.6) is 0 Å². The van der Waals surface area contributed by atoms with Crippen LogP contribution in [0.15, 0.2) is 18.2 Å². The maximum atomic E-state index is 13.0. The van der Waals surface area contributed by atoms with Gasteiger partial charge in [-0.15, -0.1) is 0 Å². The summed E-state index contributed by atoms with van der Waals surface area (Å²) in [5.74, 6) is -0.264. The zero-order valence-corrected chi connectivity index (χ0v) is 11.6. The van der Waals surface area contributed by atoms with E-state index in [2.05, 4.69) is 18.7 Å². The third kappa shape index (κ3) is 4.75. The third-order valence-electron chi connectivity index (χ3n) is 3.00.